The van der Waals surface area contributed by atoms with Gasteiger partial charge in [-0.05, 0) is 36.5 Å². The summed E-state index contributed by atoms with van der Waals surface area (Å²) < 4.78 is 11.4. The van der Waals surface area contributed by atoms with Crippen LogP contribution in [-0.2, 0) is 21.4 Å². The maximum absolute atomic E-state index is 12.8. The van der Waals surface area contributed by atoms with Crippen LogP contribution in [0.4, 0.5) is 0 Å². The van der Waals surface area contributed by atoms with Crippen molar-refractivity contribution in [3.8, 4) is 0 Å². The number of carboxylic acid groups (broad SMARTS) is 1. The summed E-state index contributed by atoms with van der Waals surface area (Å²) >= 11 is 0. The Balaban J connectivity index is 1.76. The molecule has 2 N–H and O–H groups in total. The average molecular weight is 462 g/mol. The predicted molar refractivity (Wildman–Crippen MR) is 129 cm³/mol. The second kappa shape index (κ2) is 8.48. The monoisotopic (exact) mass is 461 g/mol. The largest absolute Gasteiger partial charge is 0.479 e. The smallest absolute Gasteiger partial charge is 0.340 e. The minimum atomic E-state index is -1.22. The maximum Gasteiger partial charge on any atom is 0.340 e. The third-order valence-electron chi connectivity index (χ3n) is 6.17. The summed E-state index contributed by atoms with van der Waals surface area (Å²) in [5.41, 5.74) is 3.31. The van der Waals surface area contributed by atoms with E-state index in [4.69, 9.17) is 8.83 Å². The normalized spacial score (nSPS) is 12.7. The number of amides is 1. The standard InChI is InChI=1S/C27H27NO6/c1-14-17-11-19-20(27(3,4)5)13-33-23(19)15(2)24(17)34-26(32)18(14)12-21(29)28-22(25(30)31)16-9-7-6-8-10-16/h6-11,13,22H,12H2,1-5H3,(H,28,29)(H,30,31)/t22-/m1/s1. The molecule has 4 rings (SSSR count). The molecule has 2 heterocycles. The quantitative estimate of drug-likeness (QED) is 0.408. The molecule has 7 heteroatoms. The van der Waals surface area contributed by atoms with Gasteiger partial charge in [0.15, 0.2) is 6.04 Å². The number of aryl methyl sites for hydroxylation is 2. The van der Waals surface area contributed by atoms with Crippen molar-refractivity contribution in [2.45, 2.75) is 52.5 Å². The Labute approximate surface area is 196 Å². The molecule has 34 heavy (non-hydrogen) atoms. The van der Waals surface area contributed by atoms with E-state index < -0.39 is 23.5 Å². The predicted octanol–water partition coefficient (Wildman–Crippen LogP) is 4.94. The van der Waals surface area contributed by atoms with E-state index in [1.165, 1.54) is 0 Å². The van der Waals surface area contributed by atoms with Gasteiger partial charge in [0.2, 0.25) is 5.91 Å². The summed E-state index contributed by atoms with van der Waals surface area (Å²) in [6.45, 7) is 9.89. The minimum Gasteiger partial charge on any atom is -0.479 e. The second-order valence-corrected chi connectivity index (χ2v) is 9.57. The number of furan rings is 1. The first kappa shape index (κ1) is 23.3. The van der Waals surface area contributed by atoms with Gasteiger partial charge in [-0.15, -0.1) is 0 Å². The number of nitrogens with one attached hydrogen (secondary N) is 1. The first-order chi connectivity index (χ1) is 16.0. The Bertz CT molecular complexity index is 1470. The molecule has 2 aromatic carbocycles. The van der Waals surface area contributed by atoms with Gasteiger partial charge in [0, 0.05) is 21.9 Å². The number of carbonyl (C=O) groups is 2. The van der Waals surface area contributed by atoms with Crippen LogP contribution < -0.4 is 10.9 Å². The highest BCUT2D eigenvalue weighted by Crippen LogP contribution is 2.37. The van der Waals surface area contributed by atoms with E-state index in [1.54, 1.807) is 43.5 Å². The Hall–Kier alpha value is -3.87. The molecule has 0 saturated carbocycles. The van der Waals surface area contributed by atoms with Crippen LogP contribution in [0, 0.1) is 13.8 Å². The van der Waals surface area contributed by atoms with Gasteiger partial charge >= 0.3 is 11.6 Å². The van der Waals surface area contributed by atoms with Crippen molar-refractivity contribution < 1.29 is 23.5 Å². The van der Waals surface area contributed by atoms with Crippen molar-refractivity contribution in [1.82, 2.24) is 5.32 Å². The van der Waals surface area contributed by atoms with E-state index in [2.05, 4.69) is 26.1 Å². The van der Waals surface area contributed by atoms with Gasteiger partial charge in [-0.3, -0.25) is 4.79 Å². The molecule has 0 fully saturated rings. The fourth-order valence-electron chi connectivity index (χ4n) is 4.29. The number of carboxylic acids is 1. The van der Waals surface area contributed by atoms with Gasteiger partial charge in [-0.2, -0.15) is 0 Å². The van der Waals surface area contributed by atoms with Crippen LogP contribution >= 0.6 is 0 Å². The summed E-state index contributed by atoms with van der Waals surface area (Å²) in [7, 11) is 0. The Morgan fingerprint density at radius 3 is 2.32 bits per heavy atom. The zero-order valence-electron chi connectivity index (χ0n) is 19.8. The average Bonchev–Trinajstić information content (AvgIpc) is 3.21. The van der Waals surface area contributed by atoms with Crippen molar-refractivity contribution >= 4 is 33.8 Å². The van der Waals surface area contributed by atoms with Gasteiger partial charge in [0.1, 0.15) is 11.2 Å². The number of carbonyl (C=O) groups excluding carboxylic acids is 1. The van der Waals surface area contributed by atoms with Crippen molar-refractivity contribution in [2.75, 3.05) is 0 Å². The van der Waals surface area contributed by atoms with E-state index in [0.29, 0.717) is 27.9 Å². The molecule has 2 aromatic heterocycles. The molecule has 0 spiro atoms. The third kappa shape index (κ3) is 4.09. The molecule has 0 bridgehead atoms. The van der Waals surface area contributed by atoms with E-state index in [1.807, 2.05) is 13.0 Å². The lowest BCUT2D eigenvalue weighted by atomic mass is 9.86. The van der Waals surface area contributed by atoms with Crippen molar-refractivity contribution in [2.24, 2.45) is 0 Å². The van der Waals surface area contributed by atoms with E-state index in [0.717, 1.165) is 16.3 Å². The molecule has 176 valence electrons. The van der Waals surface area contributed by atoms with E-state index in [9.17, 15) is 19.5 Å². The van der Waals surface area contributed by atoms with Crippen LogP contribution in [0.1, 0.15) is 54.6 Å². The lowest BCUT2D eigenvalue weighted by Gasteiger charge is -2.17. The Kier molecular flexibility index (Phi) is 5.81. The van der Waals surface area contributed by atoms with Crippen LogP contribution in [0.5, 0.6) is 0 Å². The molecule has 1 atom stereocenters. The van der Waals surface area contributed by atoms with Gasteiger partial charge in [-0.1, -0.05) is 51.1 Å². The van der Waals surface area contributed by atoms with Gasteiger partial charge in [-0.25, -0.2) is 9.59 Å². The molecular formula is C27H27NO6. The number of aliphatic carboxylic acids is 1. The van der Waals surface area contributed by atoms with Crippen LogP contribution in [0.15, 0.2) is 56.3 Å². The molecular weight excluding hydrogens is 434 g/mol. The zero-order chi connectivity index (χ0) is 24.8. The molecule has 0 unspecified atom stereocenters. The highest BCUT2D eigenvalue weighted by Gasteiger charge is 2.26. The lowest BCUT2D eigenvalue weighted by Crippen LogP contribution is -2.35. The van der Waals surface area contributed by atoms with Crippen molar-refractivity contribution in [1.29, 1.82) is 0 Å². The summed E-state index contributed by atoms with van der Waals surface area (Å²) in [6.07, 6.45) is 1.43. The first-order valence-corrected chi connectivity index (χ1v) is 11.0. The fourth-order valence-corrected chi connectivity index (χ4v) is 4.29. The van der Waals surface area contributed by atoms with Crippen LogP contribution in [0.25, 0.3) is 21.9 Å². The number of rotatable bonds is 5. The fraction of sp³-hybridized carbons (Fsp3) is 0.296. The molecule has 1 amide bonds. The summed E-state index contributed by atoms with van der Waals surface area (Å²) in [5, 5.41) is 13.8. The third-order valence-corrected chi connectivity index (χ3v) is 6.17. The molecule has 0 aliphatic heterocycles. The minimum absolute atomic E-state index is 0.152. The topological polar surface area (TPSA) is 110 Å². The Morgan fingerprint density at radius 1 is 1.03 bits per heavy atom. The number of benzene rings is 2. The lowest BCUT2D eigenvalue weighted by molar-refractivity contribution is -0.142. The molecule has 0 radical (unpaired) electrons. The number of fused-ring (bicyclic) bond motifs is 2. The molecule has 7 nitrogen and oxygen atoms in total. The maximum atomic E-state index is 12.8. The summed E-state index contributed by atoms with van der Waals surface area (Å²) in [5.74, 6) is -1.77. The van der Waals surface area contributed by atoms with Crippen LogP contribution in [0.3, 0.4) is 0 Å². The summed E-state index contributed by atoms with van der Waals surface area (Å²) in [4.78, 5) is 37.4. The first-order valence-electron chi connectivity index (χ1n) is 11.0. The van der Waals surface area contributed by atoms with Crippen LogP contribution in [0.2, 0.25) is 0 Å². The highest BCUT2D eigenvalue weighted by atomic mass is 16.4. The highest BCUT2D eigenvalue weighted by molar-refractivity contribution is 6.00. The van der Waals surface area contributed by atoms with Crippen LogP contribution in [-0.4, -0.2) is 17.0 Å². The number of hydrogen-bond donors (Lipinski definition) is 2. The second-order valence-electron chi connectivity index (χ2n) is 9.57. The summed E-state index contributed by atoms with van der Waals surface area (Å²) in [6, 6.07) is 9.13. The van der Waals surface area contributed by atoms with Gasteiger partial charge in [0.05, 0.1) is 18.2 Å². The van der Waals surface area contributed by atoms with Crippen molar-refractivity contribution in [3.63, 3.8) is 0 Å². The van der Waals surface area contributed by atoms with Gasteiger partial charge in [0.25, 0.3) is 0 Å². The SMILES string of the molecule is Cc1c(CC(=O)N[C@@H](C(=O)O)c2ccccc2)c(=O)oc2c(C)c3occ(C(C)(C)C)c3cc12. The molecule has 0 saturated heterocycles. The molecule has 4 aromatic rings. The van der Waals surface area contributed by atoms with E-state index in [-0.39, 0.29) is 17.4 Å². The number of hydrogen-bond acceptors (Lipinski definition) is 5. The zero-order valence-corrected chi connectivity index (χ0v) is 19.8. The van der Waals surface area contributed by atoms with Crippen molar-refractivity contribution in [3.05, 3.63) is 80.9 Å². The Morgan fingerprint density at radius 2 is 1.71 bits per heavy atom. The molecule has 0 aliphatic rings. The van der Waals surface area contributed by atoms with Gasteiger partial charge < -0.3 is 19.3 Å². The van der Waals surface area contributed by atoms with E-state index >= 15 is 0 Å². The molecule has 0 aliphatic carbocycles.